The Balaban J connectivity index is 2.10. The van der Waals surface area contributed by atoms with Crippen LogP contribution in [0, 0.1) is 0 Å². The Kier molecular flexibility index (Phi) is 2.80. The van der Waals surface area contributed by atoms with Gasteiger partial charge in [0.15, 0.2) is 0 Å². The average molecular weight is 238 g/mol. The zero-order valence-corrected chi connectivity index (χ0v) is 10.8. The third kappa shape index (κ3) is 1.79. The molecule has 1 aliphatic rings. The molecule has 92 valence electrons. The predicted molar refractivity (Wildman–Crippen MR) is 75.7 cm³/mol. The maximum absolute atomic E-state index is 3.66. The summed E-state index contributed by atoms with van der Waals surface area (Å²) in [5.74, 6) is 0. The van der Waals surface area contributed by atoms with Crippen LogP contribution >= 0.6 is 0 Å². The monoisotopic (exact) mass is 238 g/mol. The van der Waals surface area contributed by atoms with E-state index in [0.717, 1.165) is 0 Å². The number of nitrogens with zero attached hydrogens (tertiary/aromatic N) is 1. The Labute approximate surface area is 108 Å². The van der Waals surface area contributed by atoms with Crippen molar-refractivity contribution in [1.82, 2.24) is 5.32 Å². The molecule has 2 heteroatoms. The summed E-state index contributed by atoms with van der Waals surface area (Å²) in [6, 6.07) is 19.5. The minimum atomic E-state index is 0.286. The molecule has 2 atom stereocenters. The van der Waals surface area contributed by atoms with Gasteiger partial charge in [-0.25, -0.2) is 0 Å². The minimum Gasteiger partial charge on any atom is -0.359 e. The van der Waals surface area contributed by atoms with Crippen molar-refractivity contribution >= 4 is 5.69 Å². The summed E-state index contributed by atoms with van der Waals surface area (Å²) in [7, 11) is 2.14. The Hall–Kier alpha value is -1.80. The van der Waals surface area contributed by atoms with Gasteiger partial charge in [0.2, 0.25) is 0 Å². The van der Waals surface area contributed by atoms with E-state index in [1.807, 2.05) is 0 Å². The van der Waals surface area contributed by atoms with Gasteiger partial charge in [-0.05, 0) is 24.1 Å². The molecule has 18 heavy (non-hydrogen) atoms. The summed E-state index contributed by atoms with van der Waals surface area (Å²) >= 11 is 0. The van der Waals surface area contributed by atoms with Gasteiger partial charge in [0.25, 0.3) is 0 Å². The van der Waals surface area contributed by atoms with E-state index in [-0.39, 0.29) is 6.04 Å². The second-order valence-corrected chi connectivity index (χ2v) is 4.86. The number of fused-ring (bicyclic) bond motifs is 1. The molecular weight excluding hydrogens is 220 g/mol. The highest BCUT2D eigenvalue weighted by Gasteiger charge is 2.27. The number of anilines is 1. The third-order valence-electron chi connectivity index (χ3n) is 3.75. The third-order valence-corrected chi connectivity index (χ3v) is 3.75. The van der Waals surface area contributed by atoms with Crippen molar-refractivity contribution in [2.45, 2.75) is 19.1 Å². The highest BCUT2D eigenvalue weighted by Crippen LogP contribution is 2.34. The maximum atomic E-state index is 3.66. The van der Waals surface area contributed by atoms with Crippen molar-refractivity contribution in [2.24, 2.45) is 0 Å². The van der Waals surface area contributed by atoms with Crippen LogP contribution in [0.2, 0.25) is 0 Å². The molecule has 0 aromatic heterocycles. The molecule has 0 fully saturated rings. The van der Waals surface area contributed by atoms with E-state index in [2.05, 4.69) is 78.8 Å². The van der Waals surface area contributed by atoms with E-state index in [0.29, 0.717) is 6.17 Å². The topological polar surface area (TPSA) is 15.3 Å². The summed E-state index contributed by atoms with van der Waals surface area (Å²) in [5, 5.41) is 3.66. The fraction of sp³-hybridized carbons (Fsp3) is 0.250. The molecule has 2 aromatic carbocycles. The predicted octanol–water partition coefficient (Wildman–Crippen LogP) is 3.16. The summed E-state index contributed by atoms with van der Waals surface area (Å²) in [4.78, 5) is 2.29. The lowest BCUT2D eigenvalue weighted by atomic mass is 9.94. The van der Waals surface area contributed by atoms with Crippen LogP contribution in [0.5, 0.6) is 0 Å². The first kappa shape index (κ1) is 11.3. The number of nitrogens with one attached hydrogen (secondary N) is 1. The Bertz CT molecular complexity index is 536. The summed E-state index contributed by atoms with van der Waals surface area (Å²) in [6.45, 7) is 2.20. The molecule has 2 aromatic rings. The minimum absolute atomic E-state index is 0.286. The zero-order valence-electron chi connectivity index (χ0n) is 10.8. The van der Waals surface area contributed by atoms with Crippen molar-refractivity contribution in [2.75, 3.05) is 11.9 Å². The summed E-state index contributed by atoms with van der Waals surface area (Å²) < 4.78 is 0. The molecule has 0 spiro atoms. The van der Waals surface area contributed by atoms with E-state index in [9.17, 15) is 0 Å². The average Bonchev–Trinajstić information content (AvgIpc) is 2.44. The van der Waals surface area contributed by atoms with E-state index in [1.54, 1.807) is 0 Å². The lowest BCUT2D eigenvalue weighted by Crippen LogP contribution is -2.47. The van der Waals surface area contributed by atoms with Gasteiger partial charge < -0.3 is 4.90 Å². The number of para-hydroxylation sites is 1. The molecule has 0 amide bonds. The second kappa shape index (κ2) is 4.46. The highest BCUT2D eigenvalue weighted by atomic mass is 15.3. The number of hydrogen-bond acceptors (Lipinski definition) is 2. The fourth-order valence-corrected chi connectivity index (χ4v) is 2.63. The van der Waals surface area contributed by atoms with Crippen LogP contribution in [0.25, 0.3) is 0 Å². The molecule has 2 nitrogen and oxygen atoms in total. The van der Waals surface area contributed by atoms with Crippen molar-refractivity contribution < 1.29 is 0 Å². The molecular formula is C16H18N2. The Morgan fingerprint density at radius 1 is 0.944 bits per heavy atom. The normalized spacial score (nSPS) is 22.7. The van der Waals surface area contributed by atoms with Gasteiger partial charge in [0, 0.05) is 12.7 Å². The first-order valence-electron chi connectivity index (χ1n) is 6.40. The molecule has 3 rings (SSSR count). The lowest BCUT2D eigenvalue weighted by Gasteiger charge is -2.39. The molecule has 0 radical (unpaired) electrons. The van der Waals surface area contributed by atoms with E-state index in [4.69, 9.17) is 0 Å². The van der Waals surface area contributed by atoms with Crippen molar-refractivity contribution in [3.8, 4) is 0 Å². The molecule has 1 heterocycles. The van der Waals surface area contributed by atoms with Gasteiger partial charge in [-0.3, -0.25) is 5.32 Å². The number of rotatable bonds is 1. The van der Waals surface area contributed by atoms with Gasteiger partial charge >= 0.3 is 0 Å². The zero-order chi connectivity index (χ0) is 12.5. The van der Waals surface area contributed by atoms with Crippen LogP contribution in [0.3, 0.4) is 0 Å². The molecule has 2 unspecified atom stereocenters. The second-order valence-electron chi connectivity index (χ2n) is 4.86. The first-order chi connectivity index (χ1) is 8.77. The van der Waals surface area contributed by atoms with Crippen molar-refractivity contribution in [3.05, 3.63) is 65.7 Å². The standard InChI is InChI=1S/C16H18N2/c1-12-17-16(13-8-4-3-5-9-13)14-10-6-7-11-15(14)18(12)2/h3-12,16-17H,1-2H3. The van der Waals surface area contributed by atoms with Gasteiger partial charge in [-0.15, -0.1) is 0 Å². The fourth-order valence-electron chi connectivity index (χ4n) is 2.63. The van der Waals surface area contributed by atoms with E-state index < -0.39 is 0 Å². The van der Waals surface area contributed by atoms with Crippen LogP contribution in [0.4, 0.5) is 5.69 Å². The molecule has 0 bridgehead atoms. The largest absolute Gasteiger partial charge is 0.359 e. The highest BCUT2D eigenvalue weighted by molar-refractivity contribution is 5.59. The van der Waals surface area contributed by atoms with Gasteiger partial charge in [0.05, 0.1) is 12.2 Å². The van der Waals surface area contributed by atoms with Gasteiger partial charge in [-0.2, -0.15) is 0 Å². The van der Waals surface area contributed by atoms with Crippen LogP contribution < -0.4 is 10.2 Å². The van der Waals surface area contributed by atoms with Crippen LogP contribution in [-0.2, 0) is 0 Å². The smallest absolute Gasteiger partial charge is 0.0771 e. The molecule has 1 aliphatic heterocycles. The maximum Gasteiger partial charge on any atom is 0.0771 e. The SMILES string of the molecule is CC1NC(c2ccccc2)c2ccccc2N1C. The number of benzene rings is 2. The van der Waals surface area contributed by atoms with E-state index >= 15 is 0 Å². The Morgan fingerprint density at radius 2 is 1.61 bits per heavy atom. The van der Waals surface area contributed by atoms with Crippen LogP contribution in [0.15, 0.2) is 54.6 Å². The summed E-state index contributed by atoms with van der Waals surface area (Å²) in [5.41, 5.74) is 3.99. The van der Waals surface area contributed by atoms with Crippen molar-refractivity contribution in [3.63, 3.8) is 0 Å². The van der Waals surface area contributed by atoms with Crippen LogP contribution in [0.1, 0.15) is 24.1 Å². The van der Waals surface area contributed by atoms with Gasteiger partial charge in [-0.1, -0.05) is 48.5 Å². The molecule has 0 saturated carbocycles. The van der Waals surface area contributed by atoms with Gasteiger partial charge in [0.1, 0.15) is 0 Å². The Morgan fingerprint density at radius 3 is 2.39 bits per heavy atom. The van der Waals surface area contributed by atoms with E-state index in [1.165, 1.54) is 16.8 Å². The quantitative estimate of drug-likeness (QED) is 0.821. The van der Waals surface area contributed by atoms with Crippen LogP contribution in [-0.4, -0.2) is 13.2 Å². The number of hydrogen-bond donors (Lipinski definition) is 1. The lowest BCUT2D eigenvalue weighted by molar-refractivity contribution is 0.467. The molecule has 0 saturated heterocycles. The first-order valence-corrected chi connectivity index (χ1v) is 6.40. The molecule has 0 aliphatic carbocycles. The van der Waals surface area contributed by atoms with Crippen molar-refractivity contribution in [1.29, 1.82) is 0 Å². The molecule has 1 N–H and O–H groups in total. The summed E-state index contributed by atoms with van der Waals surface area (Å²) in [6.07, 6.45) is 0.338.